The number of carbonyl (C=O) groups is 1. The molecule has 0 saturated carbocycles. The Morgan fingerprint density at radius 3 is 2.83 bits per heavy atom. The highest BCUT2D eigenvalue weighted by molar-refractivity contribution is 7.99. The summed E-state index contributed by atoms with van der Waals surface area (Å²) in [6, 6.07) is 9.51. The van der Waals surface area contributed by atoms with Crippen LogP contribution in [0.5, 0.6) is 11.5 Å². The second kappa shape index (κ2) is 7.55. The molecule has 0 spiro atoms. The molecule has 0 radical (unpaired) electrons. The molecule has 2 aromatic heterocycles. The predicted octanol–water partition coefficient (Wildman–Crippen LogP) is 2.87. The fourth-order valence-electron chi connectivity index (χ4n) is 3.54. The molecule has 0 atom stereocenters. The molecule has 2 aliphatic heterocycles. The standard InChI is InChI=1S/C20H21N5O3S/c1-13-6-8-24(9-7-13)19(26)11-29-20-22-21-18-5-3-15(23-25(18)20)14-2-4-16-17(10-14)28-12-27-16/h2-5,10,13H,6-9,11-12H2,1H3. The molecule has 5 rings (SSSR count). The van der Waals surface area contributed by atoms with Crippen molar-refractivity contribution in [2.45, 2.75) is 24.9 Å². The number of carbonyl (C=O) groups excluding carboxylic acids is 1. The molecule has 0 N–H and O–H groups in total. The zero-order valence-corrected chi connectivity index (χ0v) is 16.9. The summed E-state index contributed by atoms with van der Waals surface area (Å²) >= 11 is 1.37. The number of likely N-dealkylation sites (tertiary alicyclic amines) is 1. The summed E-state index contributed by atoms with van der Waals surface area (Å²) in [5.74, 6) is 2.63. The zero-order chi connectivity index (χ0) is 19.8. The monoisotopic (exact) mass is 411 g/mol. The van der Waals surface area contributed by atoms with E-state index in [0.29, 0.717) is 28.2 Å². The molecule has 1 amide bonds. The number of aromatic nitrogens is 4. The second-order valence-corrected chi connectivity index (χ2v) is 8.33. The van der Waals surface area contributed by atoms with E-state index in [1.807, 2.05) is 35.2 Å². The van der Waals surface area contributed by atoms with E-state index < -0.39 is 0 Å². The summed E-state index contributed by atoms with van der Waals surface area (Å²) < 4.78 is 12.5. The van der Waals surface area contributed by atoms with E-state index in [9.17, 15) is 4.79 Å². The van der Waals surface area contributed by atoms with E-state index >= 15 is 0 Å². The first-order chi connectivity index (χ1) is 14.2. The fraction of sp³-hybridized carbons (Fsp3) is 0.400. The maximum Gasteiger partial charge on any atom is 0.233 e. The topological polar surface area (TPSA) is 81.9 Å². The van der Waals surface area contributed by atoms with E-state index in [1.165, 1.54) is 11.8 Å². The molecule has 0 bridgehead atoms. The van der Waals surface area contributed by atoms with Crippen molar-refractivity contribution in [3.63, 3.8) is 0 Å². The van der Waals surface area contributed by atoms with Crippen molar-refractivity contribution in [3.05, 3.63) is 30.3 Å². The van der Waals surface area contributed by atoms with Gasteiger partial charge in [0.25, 0.3) is 0 Å². The second-order valence-electron chi connectivity index (χ2n) is 7.39. The van der Waals surface area contributed by atoms with Crippen LogP contribution in [0.25, 0.3) is 16.9 Å². The van der Waals surface area contributed by atoms with Crippen molar-refractivity contribution in [1.29, 1.82) is 0 Å². The number of fused-ring (bicyclic) bond motifs is 2. The normalized spacial score (nSPS) is 16.5. The van der Waals surface area contributed by atoms with Gasteiger partial charge in [0.15, 0.2) is 17.1 Å². The Labute approximate surface area is 172 Å². The van der Waals surface area contributed by atoms with E-state index in [2.05, 4.69) is 22.2 Å². The Balaban J connectivity index is 1.34. The average molecular weight is 411 g/mol. The van der Waals surface area contributed by atoms with Crippen molar-refractivity contribution >= 4 is 23.3 Å². The van der Waals surface area contributed by atoms with Gasteiger partial charge in [-0.1, -0.05) is 18.7 Å². The van der Waals surface area contributed by atoms with Crippen molar-refractivity contribution in [2.75, 3.05) is 25.6 Å². The quantitative estimate of drug-likeness (QED) is 0.611. The smallest absolute Gasteiger partial charge is 0.233 e. The van der Waals surface area contributed by atoms with Crippen LogP contribution in [0.4, 0.5) is 0 Å². The van der Waals surface area contributed by atoms with Gasteiger partial charge in [-0.15, -0.1) is 10.2 Å². The van der Waals surface area contributed by atoms with Crippen LogP contribution >= 0.6 is 11.8 Å². The summed E-state index contributed by atoms with van der Waals surface area (Å²) in [4.78, 5) is 14.5. The average Bonchev–Trinajstić information content (AvgIpc) is 3.38. The summed E-state index contributed by atoms with van der Waals surface area (Å²) in [7, 11) is 0. The molecule has 1 fully saturated rings. The molecule has 29 heavy (non-hydrogen) atoms. The lowest BCUT2D eigenvalue weighted by Gasteiger charge is -2.30. The minimum absolute atomic E-state index is 0.144. The van der Waals surface area contributed by atoms with Crippen molar-refractivity contribution in [3.8, 4) is 22.8 Å². The van der Waals surface area contributed by atoms with Gasteiger partial charge in [-0.2, -0.15) is 9.61 Å². The van der Waals surface area contributed by atoms with Gasteiger partial charge in [-0.25, -0.2) is 0 Å². The highest BCUT2D eigenvalue weighted by Crippen LogP contribution is 2.35. The van der Waals surface area contributed by atoms with Crippen LogP contribution in [0.15, 0.2) is 35.5 Å². The van der Waals surface area contributed by atoms with Gasteiger partial charge in [0.1, 0.15) is 0 Å². The van der Waals surface area contributed by atoms with Crippen molar-refractivity contribution in [1.82, 2.24) is 24.7 Å². The van der Waals surface area contributed by atoms with E-state index in [0.717, 1.165) is 42.9 Å². The van der Waals surface area contributed by atoms with E-state index in [-0.39, 0.29) is 12.7 Å². The number of hydrogen-bond acceptors (Lipinski definition) is 7. The van der Waals surface area contributed by atoms with Gasteiger partial charge < -0.3 is 14.4 Å². The predicted molar refractivity (Wildman–Crippen MR) is 108 cm³/mol. The third-order valence-corrected chi connectivity index (χ3v) is 6.27. The Kier molecular flexibility index (Phi) is 4.75. The van der Waals surface area contributed by atoms with Crippen LogP contribution in [-0.2, 0) is 4.79 Å². The molecule has 150 valence electrons. The molecule has 0 aliphatic carbocycles. The number of benzene rings is 1. The number of thioether (sulfide) groups is 1. The van der Waals surface area contributed by atoms with Gasteiger partial charge in [0, 0.05) is 18.7 Å². The SMILES string of the molecule is CC1CCN(C(=O)CSc2nnc3ccc(-c4ccc5c(c4)OCO5)nn23)CC1. The Morgan fingerprint density at radius 1 is 1.14 bits per heavy atom. The maximum absolute atomic E-state index is 12.5. The first-order valence-electron chi connectivity index (χ1n) is 9.70. The van der Waals surface area contributed by atoms with Gasteiger partial charge in [-0.05, 0) is 49.1 Å². The molecule has 0 unspecified atom stereocenters. The minimum atomic E-state index is 0.144. The molecule has 2 aliphatic rings. The zero-order valence-electron chi connectivity index (χ0n) is 16.1. The lowest BCUT2D eigenvalue weighted by molar-refractivity contribution is -0.129. The number of nitrogens with zero attached hydrogens (tertiary/aromatic N) is 5. The number of ether oxygens (including phenoxy) is 2. The number of rotatable bonds is 4. The van der Waals surface area contributed by atoms with Gasteiger partial charge in [0.05, 0.1) is 11.4 Å². The van der Waals surface area contributed by atoms with E-state index in [4.69, 9.17) is 9.47 Å². The highest BCUT2D eigenvalue weighted by Gasteiger charge is 2.21. The maximum atomic E-state index is 12.5. The van der Waals surface area contributed by atoms with Crippen LogP contribution in [0, 0.1) is 5.92 Å². The third-order valence-electron chi connectivity index (χ3n) is 5.36. The Bertz CT molecular complexity index is 1060. The van der Waals surface area contributed by atoms with Gasteiger partial charge >= 0.3 is 0 Å². The molecule has 3 aromatic rings. The number of amides is 1. The molecular weight excluding hydrogens is 390 g/mol. The summed E-state index contributed by atoms with van der Waals surface area (Å²) in [6.07, 6.45) is 2.15. The van der Waals surface area contributed by atoms with Crippen LogP contribution < -0.4 is 9.47 Å². The van der Waals surface area contributed by atoms with Crippen LogP contribution in [0.1, 0.15) is 19.8 Å². The van der Waals surface area contributed by atoms with Crippen LogP contribution in [-0.4, -0.2) is 56.3 Å². The molecule has 8 nitrogen and oxygen atoms in total. The molecule has 1 saturated heterocycles. The summed E-state index contributed by atoms with van der Waals surface area (Å²) in [6.45, 7) is 4.16. The van der Waals surface area contributed by atoms with Crippen LogP contribution in [0.3, 0.4) is 0 Å². The Hall–Kier alpha value is -2.81. The molecule has 1 aromatic carbocycles. The first-order valence-corrected chi connectivity index (χ1v) is 10.7. The largest absolute Gasteiger partial charge is 0.454 e. The minimum Gasteiger partial charge on any atom is -0.454 e. The Morgan fingerprint density at radius 2 is 1.97 bits per heavy atom. The molecular formula is C20H21N5O3S. The number of hydrogen-bond donors (Lipinski definition) is 0. The fourth-order valence-corrected chi connectivity index (χ4v) is 4.33. The number of piperidine rings is 1. The van der Waals surface area contributed by atoms with Crippen molar-refractivity contribution in [2.24, 2.45) is 5.92 Å². The van der Waals surface area contributed by atoms with Gasteiger partial charge in [-0.3, -0.25) is 4.79 Å². The lowest BCUT2D eigenvalue weighted by atomic mass is 9.99. The summed E-state index contributed by atoms with van der Waals surface area (Å²) in [5.41, 5.74) is 2.34. The third kappa shape index (κ3) is 3.62. The van der Waals surface area contributed by atoms with E-state index in [1.54, 1.807) is 4.52 Å². The first kappa shape index (κ1) is 18.2. The molecule has 4 heterocycles. The lowest BCUT2D eigenvalue weighted by Crippen LogP contribution is -2.38. The van der Waals surface area contributed by atoms with Crippen LogP contribution in [0.2, 0.25) is 0 Å². The highest BCUT2D eigenvalue weighted by atomic mass is 32.2. The van der Waals surface area contributed by atoms with Gasteiger partial charge in [0.2, 0.25) is 17.9 Å². The molecule has 9 heteroatoms. The van der Waals surface area contributed by atoms with Crippen molar-refractivity contribution < 1.29 is 14.3 Å². The summed E-state index contributed by atoms with van der Waals surface area (Å²) in [5, 5.41) is 13.7.